The van der Waals surface area contributed by atoms with Gasteiger partial charge >= 0.3 is 0 Å². The molecule has 0 saturated carbocycles. The maximum atomic E-state index is 3.94. The molecule has 1 radical (unpaired) electrons. The molecule has 0 saturated heterocycles. The van der Waals surface area contributed by atoms with E-state index in [1.165, 1.54) is 9.48 Å². The summed E-state index contributed by atoms with van der Waals surface area (Å²) in [7, 11) is 0. The Morgan fingerprint density at radius 2 is 2.13 bits per heavy atom. The van der Waals surface area contributed by atoms with Crippen LogP contribution in [0.15, 0.2) is 18.6 Å². The molecule has 0 spiro atoms. The summed E-state index contributed by atoms with van der Waals surface area (Å²) in [5.41, 5.74) is 0. The first kappa shape index (κ1) is 7.79. The molecule has 3 heterocycles. The van der Waals surface area contributed by atoms with Gasteiger partial charge in [-0.25, -0.2) is 0 Å². The van der Waals surface area contributed by atoms with E-state index in [0.717, 1.165) is 0 Å². The Kier molecular flexibility index (Phi) is 1.54. The normalized spacial score (nSPS) is 10.7. The van der Waals surface area contributed by atoms with Crippen LogP contribution in [0.4, 0.5) is 0 Å². The summed E-state index contributed by atoms with van der Waals surface area (Å²) in [5.74, 6) is 0.963. The minimum Gasteiger partial charge on any atom is -0.263 e. The molecule has 9 heteroatoms. The third-order valence-electron chi connectivity index (χ3n) is 1.71. The second-order valence-corrected chi connectivity index (χ2v) is 2.59. The highest BCUT2D eigenvalue weighted by molar-refractivity contribution is 5.24. The van der Waals surface area contributed by atoms with E-state index in [9.17, 15) is 0 Å². The molecule has 0 bridgehead atoms. The molecule has 0 aromatic carbocycles. The zero-order chi connectivity index (χ0) is 10.1. The molecule has 3 aromatic heterocycles. The quantitative estimate of drug-likeness (QED) is 0.557. The monoisotopic (exact) mass is 202 g/mol. The zero-order valence-corrected chi connectivity index (χ0v) is 7.31. The first-order chi connectivity index (χ1) is 7.45. The van der Waals surface area contributed by atoms with Crippen LogP contribution in [0.3, 0.4) is 0 Å². The second kappa shape index (κ2) is 2.97. The van der Waals surface area contributed by atoms with E-state index in [0.29, 0.717) is 11.6 Å². The van der Waals surface area contributed by atoms with Crippen LogP contribution in [0, 0.1) is 6.20 Å². The van der Waals surface area contributed by atoms with E-state index in [4.69, 9.17) is 0 Å². The SMILES string of the molecule is [c]1nnn(-c2c[nH]nn2)c1-n1nccn1. The lowest BCUT2D eigenvalue weighted by atomic mass is 10.7. The fourth-order valence-electron chi connectivity index (χ4n) is 1.11. The lowest BCUT2D eigenvalue weighted by Crippen LogP contribution is -2.08. The Labute approximate surface area is 82.7 Å². The van der Waals surface area contributed by atoms with Gasteiger partial charge in [0.05, 0.1) is 18.6 Å². The van der Waals surface area contributed by atoms with Crippen molar-refractivity contribution in [2.75, 3.05) is 0 Å². The summed E-state index contributed by atoms with van der Waals surface area (Å²) < 4.78 is 1.42. The van der Waals surface area contributed by atoms with Gasteiger partial charge in [0.25, 0.3) is 0 Å². The van der Waals surface area contributed by atoms with E-state index in [2.05, 4.69) is 42.1 Å². The van der Waals surface area contributed by atoms with Gasteiger partial charge in [0.15, 0.2) is 12.0 Å². The average Bonchev–Trinajstić information content (AvgIpc) is 3.01. The van der Waals surface area contributed by atoms with Crippen molar-refractivity contribution in [2.45, 2.75) is 0 Å². The Bertz CT molecular complexity index is 484. The van der Waals surface area contributed by atoms with Crippen LogP contribution < -0.4 is 0 Å². The van der Waals surface area contributed by atoms with Crippen LogP contribution in [0.5, 0.6) is 0 Å². The van der Waals surface area contributed by atoms with Gasteiger partial charge in [0, 0.05) is 0 Å². The predicted octanol–water partition coefficient (Wildman–Crippen LogP) is -1.23. The van der Waals surface area contributed by atoms with Gasteiger partial charge in [-0.15, -0.1) is 15.0 Å². The number of nitrogens with one attached hydrogen (secondary N) is 1. The number of nitrogens with zero attached hydrogens (tertiary/aromatic N) is 8. The molecule has 0 fully saturated rings. The van der Waals surface area contributed by atoms with Crippen molar-refractivity contribution < 1.29 is 0 Å². The highest BCUT2D eigenvalue weighted by Crippen LogP contribution is 2.05. The van der Waals surface area contributed by atoms with Gasteiger partial charge in [-0.3, -0.25) is 5.10 Å². The molecule has 73 valence electrons. The maximum absolute atomic E-state index is 3.94. The number of hydrogen-bond donors (Lipinski definition) is 1. The topological polar surface area (TPSA) is 103 Å². The summed E-state index contributed by atoms with van der Waals surface area (Å²) in [6.45, 7) is 0. The van der Waals surface area contributed by atoms with Crippen LogP contribution in [0.2, 0.25) is 0 Å². The molecule has 0 aliphatic rings. The van der Waals surface area contributed by atoms with Gasteiger partial charge < -0.3 is 0 Å². The van der Waals surface area contributed by atoms with Crippen molar-refractivity contribution in [3.8, 4) is 11.6 Å². The maximum Gasteiger partial charge on any atom is 0.209 e. The molecule has 0 aliphatic heterocycles. The molecule has 3 rings (SSSR count). The minimum absolute atomic E-state index is 0.467. The first-order valence-corrected chi connectivity index (χ1v) is 4.02. The average molecular weight is 202 g/mol. The molecule has 3 aromatic rings. The van der Waals surface area contributed by atoms with Gasteiger partial charge in [-0.05, 0) is 0 Å². The molecular weight excluding hydrogens is 198 g/mol. The van der Waals surface area contributed by atoms with E-state index >= 15 is 0 Å². The fourth-order valence-corrected chi connectivity index (χ4v) is 1.11. The Balaban J connectivity index is 2.15. The molecule has 0 atom stereocenters. The van der Waals surface area contributed by atoms with Crippen LogP contribution in [0.25, 0.3) is 11.6 Å². The van der Waals surface area contributed by atoms with Crippen molar-refractivity contribution in [2.24, 2.45) is 0 Å². The lowest BCUT2D eigenvalue weighted by molar-refractivity contribution is 0.671. The Morgan fingerprint density at radius 1 is 1.27 bits per heavy atom. The summed E-state index contributed by atoms with van der Waals surface area (Å²) >= 11 is 0. The van der Waals surface area contributed by atoms with Crippen molar-refractivity contribution in [1.82, 2.24) is 45.4 Å². The van der Waals surface area contributed by atoms with Gasteiger partial charge in [-0.2, -0.15) is 14.9 Å². The van der Waals surface area contributed by atoms with E-state index in [1.807, 2.05) is 0 Å². The fraction of sp³-hybridized carbons (Fsp3) is 0. The van der Waals surface area contributed by atoms with Crippen LogP contribution in [-0.2, 0) is 0 Å². The molecule has 0 amide bonds. The highest BCUT2D eigenvalue weighted by atomic mass is 15.6. The zero-order valence-electron chi connectivity index (χ0n) is 7.31. The van der Waals surface area contributed by atoms with E-state index in [-0.39, 0.29) is 0 Å². The summed E-state index contributed by atoms with van der Waals surface area (Å²) in [6.07, 6.45) is 7.33. The van der Waals surface area contributed by atoms with Crippen molar-refractivity contribution >= 4 is 0 Å². The highest BCUT2D eigenvalue weighted by Gasteiger charge is 2.11. The third-order valence-corrected chi connectivity index (χ3v) is 1.71. The number of aromatic amines is 1. The van der Waals surface area contributed by atoms with E-state index < -0.39 is 0 Å². The molecule has 0 unspecified atom stereocenters. The molecule has 15 heavy (non-hydrogen) atoms. The summed E-state index contributed by atoms with van der Waals surface area (Å²) in [4.78, 5) is 1.34. The lowest BCUT2D eigenvalue weighted by Gasteiger charge is -1.98. The van der Waals surface area contributed by atoms with Crippen molar-refractivity contribution in [1.29, 1.82) is 0 Å². The number of hydrogen-bond acceptors (Lipinski definition) is 6. The summed E-state index contributed by atoms with van der Waals surface area (Å²) in [6, 6.07) is 0. The van der Waals surface area contributed by atoms with Crippen LogP contribution >= 0.6 is 0 Å². The molecular formula is C6H4N9. The largest absolute Gasteiger partial charge is 0.263 e. The number of rotatable bonds is 2. The minimum atomic E-state index is 0.467. The van der Waals surface area contributed by atoms with Crippen LogP contribution in [0.1, 0.15) is 0 Å². The first-order valence-electron chi connectivity index (χ1n) is 4.02. The number of aromatic nitrogens is 9. The van der Waals surface area contributed by atoms with Gasteiger partial charge in [0.1, 0.15) is 0 Å². The Morgan fingerprint density at radius 3 is 2.87 bits per heavy atom. The van der Waals surface area contributed by atoms with Crippen LogP contribution in [-0.4, -0.2) is 45.4 Å². The standard InChI is InChI=1S/C6H4N9/c1-2-10-15(9-1)6-4-8-13-14(6)5-3-7-12-11-5/h1-3H,(H,7,11,12). The molecule has 0 aliphatic carbocycles. The smallest absolute Gasteiger partial charge is 0.209 e. The third kappa shape index (κ3) is 1.17. The second-order valence-electron chi connectivity index (χ2n) is 2.59. The number of H-pyrrole nitrogens is 1. The van der Waals surface area contributed by atoms with E-state index in [1.54, 1.807) is 18.6 Å². The van der Waals surface area contributed by atoms with Gasteiger partial charge in [0.2, 0.25) is 5.82 Å². The van der Waals surface area contributed by atoms with Gasteiger partial charge in [-0.1, -0.05) is 10.4 Å². The summed E-state index contributed by atoms with van der Waals surface area (Å²) in [5, 5.41) is 25.3. The molecule has 1 N–H and O–H groups in total. The molecule has 9 nitrogen and oxygen atoms in total. The predicted molar refractivity (Wildman–Crippen MR) is 45.1 cm³/mol. The Hall–Kier alpha value is -2.58. The van der Waals surface area contributed by atoms with Crippen molar-refractivity contribution in [3.63, 3.8) is 0 Å². The van der Waals surface area contributed by atoms with Crippen molar-refractivity contribution in [3.05, 3.63) is 24.8 Å².